The Bertz CT molecular complexity index is 222. The molecule has 1 aliphatic rings. The molecule has 0 aromatic heterocycles. The largest absolute Gasteiger partial charge is 0.342 e. The lowest BCUT2D eigenvalue weighted by Gasteiger charge is -2.25. The summed E-state index contributed by atoms with van der Waals surface area (Å²) < 4.78 is 12.5. The van der Waals surface area contributed by atoms with Crippen LogP contribution in [0.4, 0.5) is 4.39 Å². The van der Waals surface area contributed by atoms with Crippen LogP contribution in [0.25, 0.3) is 0 Å². The van der Waals surface area contributed by atoms with Crippen LogP contribution in [-0.4, -0.2) is 30.6 Å². The summed E-state index contributed by atoms with van der Waals surface area (Å²) >= 11 is 0. The molecule has 0 radical (unpaired) electrons. The van der Waals surface area contributed by atoms with Crippen LogP contribution in [0, 0.1) is 17.3 Å². The van der Waals surface area contributed by atoms with E-state index in [1.54, 1.807) is 4.90 Å². The average molecular weight is 201 g/mol. The number of nitrogens with zero attached hydrogens (tertiary/aromatic N) is 1. The highest BCUT2D eigenvalue weighted by atomic mass is 19.1. The minimum Gasteiger partial charge on any atom is -0.342 e. The van der Waals surface area contributed by atoms with Crippen LogP contribution < -0.4 is 0 Å². The number of halogens is 1. The number of hydrogen-bond acceptors (Lipinski definition) is 1. The van der Waals surface area contributed by atoms with Gasteiger partial charge in [-0.2, -0.15) is 0 Å². The van der Waals surface area contributed by atoms with E-state index in [1.165, 1.54) is 0 Å². The summed E-state index contributed by atoms with van der Waals surface area (Å²) in [5.74, 6) is 0.480. The first kappa shape index (κ1) is 11.5. The molecule has 2 nitrogen and oxygen atoms in total. The Morgan fingerprint density at radius 3 is 2.36 bits per heavy atom. The quantitative estimate of drug-likeness (QED) is 0.636. The molecule has 3 heteroatoms. The lowest BCUT2D eigenvalue weighted by Crippen LogP contribution is -2.38. The fraction of sp³-hybridized carbons (Fsp3) is 0.909. The Balaban J connectivity index is 2.62. The number of amides is 1. The summed E-state index contributed by atoms with van der Waals surface area (Å²) in [5, 5.41) is 0. The molecular formula is C11H20FNO. The molecule has 1 amide bonds. The molecule has 0 aromatic carbocycles. The maximum atomic E-state index is 12.5. The van der Waals surface area contributed by atoms with Crippen LogP contribution in [0.1, 0.15) is 27.7 Å². The predicted molar refractivity (Wildman–Crippen MR) is 54.7 cm³/mol. The molecule has 1 fully saturated rings. The molecule has 1 saturated heterocycles. The molecule has 1 rings (SSSR count). The zero-order chi connectivity index (χ0) is 10.9. The van der Waals surface area contributed by atoms with E-state index in [-0.39, 0.29) is 23.9 Å². The maximum Gasteiger partial charge on any atom is 0.227 e. The van der Waals surface area contributed by atoms with Crippen molar-refractivity contribution in [2.24, 2.45) is 17.3 Å². The second-order valence-electron chi connectivity index (χ2n) is 5.35. The van der Waals surface area contributed by atoms with Gasteiger partial charge >= 0.3 is 0 Å². The van der Waals surface area contributed by atoms with E-state index in [1.807, 2.05) is 27.7 Å². The molecule has 2 atom stereocenters. The van der Waals surface area contributed by atoms with Crippen LogP contribution in [-0.2, 0) is 4.79 Å². The fourth-order valence-electron chi connectivity index (χ4n) is 1.88. The van der Waals surface area contributed by atoms with Gasteiger partial charge in [0.25, 0.3) is 0 Å². The van der Waals surface area contributed by atoms with Crippen molar-refractivity contribution in [2.75, 3.05) is 19.8 Å². The molecule has 1 heterocycles. The van der Waals surface area contributed by atoms with Crippen molar-refractivity contribution in [2.45, 2.75) is 27.7 Å². The smallest absolute Gasteiger partial charge is 0.227 e. The van der Waals surface area contributed by atoms with Crippen molar-refractivity contribution in [3.05, 3.63) is 0 Å². The van der Waals surface area contributed by atoms with Crippen LogP contribution in [0.5, 0.6) is 0 Å². The zero-order valence-electron chi connectivity index (χ0n) is 9.51. The van der Waals surface area contributed by atoms with Gasteiger partial charge < -0.3 is 4.90 Å². The molecule has 14 heavy (non-hydrogen) atoms. The molecule has 82 valence electrons. The zero-order valence-corrected chi connectivity index (χ0v) is 9.51. The van der Waals surface area contributed by atoms with E-state index in [9.17, 15) is 9.18 Å². The number of alkyl halides is 1. The molecule has 1 aliphatic heterocycles. The Morgan fingerprint density at radius 2 is 2.00 bits per heavy atom. The Hall–Kier alpha value is -0.600. The summed E-state index contributed by atoms with van der Waals surface area (Å²) in [6, 6.07) is 0. The third kappa shape index (κ3) is 2.25. The predicted octanol–water partition coefficient (Wildman–Crippen LogP) is 2.10. The summed E-state index contributed by atoms with van der Waals surface area (Å²) in [4.78, 5) is 13.7. The summed E-state index contributed by atoms with van der Waals surface area (Å²) in [5.41, 5.74) is -0.342. The highest BCUT2D eigenvalue weighted by Crippen LogP contribution is 2.27. The molecule has 0 spiro atoms. The SMILES string of the molecule is CC1CN(C(=O)C(C)(C)C)CC1CF. The third-order valence-electron chi connectivity index (χ3n) is 2.90. The van der Waals surface area contributed by atoms with Gasteiger partial charge in [0.2, 0.25) is 5.91 Å². The van der Waals surface area contributed by atoms with Crippen molar-refractivity contribution >= 4 is 5.91 Å². The van der Waals surface area contributed by atoms with Crippen molar-refractivity contribution in [1.82, 2.24) is 4.90 Å². The Morgan fingerprint density at radius 1 is 1.43 bits per heavy atom. The third-order valence-corrected chi connectivity index (χ3v) is 2.90. The second kappa shape index (κ2) is 3.87. The van der Waals surface area contributed by atoms with Gasteiger partial charge in [0.15, 0.2) is 0 Å². The first-order valence-corrected chi connectivity index (χ1v) is 5.21. The van der Waals surface area contributed by atoms with Crippen LogP contribution in [0.15, 0.2) is 0 Å². The summed E-state index contributed by atoms with van der Waals surface area (Å²) in [6.07, 6.45) is 0. The van der Waals surface area contributed by atoms with E-state index in [0.29, 0.717) is 19.0 Å². The van der Waals surface area contributed by atoms with Gasteiger partial charge in [0, 0.05) is 24.4 Å². The van der Waals surface area contributed by atoms with E-state index >= 15 is 0 Å². The minimum absolute atomic E-state index is 0.0429. The molecule has 0 bridgehead atoms. The standard InChI is InChI=1S/C11H20FNO/c1-8-6-13(7-9(8)5-12)10(14)11(2,3)4/h8-9H,5-7H2,1-4H3. The van der Waals surface area contributed by atoms with Crippen molar-refractivity contribution < 1.29 is 9.18 Å². The van der Waals surface area contributed by atoms with E-state index in [2.05, 4.69) is 0 Å². The van der Waals surface area contributed by atoms with Crippen molar-refractivity contribution in [3.8, 4) is 0 Å². The van der Waals surface area contributed by atoms with E-state index < -0.39 is 0 Å². The van der Waals surface area contributed by atoms with Gasteiger partial charge in [-0.05, 0) is 5.92 Å². The van der Waals surface area contributed by atoms with Crippen LogP contribution >= 0.6 is 0 Å². The average Bonchev–Trinajstić information content (AvgIpc) is 2.43. The van der Waals surface area contributed by atoms with Gasteiger partial charge in [-0.3, -0.25) is 9.18 Å². The second-order valence-corrected chi connectivity index (χ2v) is 5.35. The Labute approximate surface area is 85.5 Å². The fourth-order valence-corrected chi connectivity index (χ4v) is 1.88. The highest BCUT2D eigenvalue weighted by molar-refractivity contribution is 5.81. The van der Waals surface area contributed by atoms with Crippen molar-refractivity contribution in [1.29, 1.82) is 0 Å². The number of carbonyl (C=O) groups is 1. The molecular weight excluding hydrogens is 181 g/mol. The van der Waals surface area contributed by atoms with E-state index in [4.69, 9.17) is 0 Å². The first-order valence-electron chi connectivity index (χ1n) is 5.21. The van der Waals surface area contributed by atoms with Gasteiger partial charge in [-0.1, -0.05) is 27.7 Å². The Kier molecular flexibility index (Phi) is 3.17. The molecule has 0 aliphatic carbocycles. The van der Waals surface area contributed by atoms with Gasteiger partial charge in [-0.15, -0.1) is 0 Å². The number of rotatable bonds is 1. The molecule has 2 unspecified atom stereocenters. The van der Waals surface area contributed by atoms with E-state index in [0.717, 1.165) is 0 Å². The normalized spacial score (nSPS) is 28.2. The maximum absolute atomic E-state index is 12.5. The lowest BCUT2D eigenvalue weighted by molar-refractivity contribution is -0.138. The molecule has 0 aromatic rings. The number of likely N-dealkylation sites (tertiary alicyclic amines) is 1. The monoisotopic (exact) mass is 201 g/mol. The summed E-state index contributed by atoms with van der Waals surface area (Å²) in [7, 11) is 0. The number of hydrogen-bond donors (Lipinski definition) is 0. The highest BCUT2D eigenvalue weighted by Gasteiger charge is 2.36. The van der Waals surface area contributed by atoms with Crippen molar-refractivity contribution in [3.63, 3.8) is 0 Å². The van der Waals surface area contributed by atoms with Gasteiger partial charge in [0.05, 0.1) is 6.67 Å². The minimum atomic E-state index is -0.342. The lowest BCUT2D eigenvalue weighted by atomic mass is 9.95. The summed E-state index contributed by atoms with van der Waals surface area (Å²) in [6.45, 7) is 8.72. The molecule has 0 saturated carbocycles. The number of carbonyl (C=O) groups excluding carboxylic acids is 1. The van der Waals surface area contributed by atoms with Crippen LogP contribution in [0.3, 0.4) is 0 Å². The van der Waals surface area contributed by atoms with Crippen LogP contribution in [0.2, 0.25) is 0 Å². The van der Waals surface area contributed by atoms with Gasteiger partial charge in [-0.25, -0.2) is 0 Å². The van der Waals surface area contributed by atoms with Gasteiger partial charge in [0.1, 0.15) is 0 Å². The molecule has 0 N–H and O–H groups in total. The first-order chi connectivity index (χ1) is 6.36. The topological polar surface area (TPSA) is 20.3 Å².